The molecule has 1 aliphatic rings. The van der Waals surface area contributed by atoms with Gasteiger partial charge in [0.25, 0.3) is 0 Å². The molecule has 5 heteroatoms. The molecular weight excluding hydrogens is 337 g/mol. The van der Waals surface area contributed by atoms with Gasteiger partial charge in [0.05, 0.1) is 10.4 Å². The Morgan fingerprint density at radius 1 is 1.38 bits per heavy atom. The second-order valence-electron chi connectivity index (χ2n) is 4.46. The lowest BCUT2D eigenvalue weighted by Gasteiger charge is -2.10. The molecule has 3 nitrogen and oxygen atoms in total. The number of nitrogens with zero attached hydrogens (tertiary/aromatic N) is 1. The first kappa shape index (κ1) is 12.3. The van der Waals surface area contributed by atoms with E-state index in [1.165, 1.54) is 0 Å². The number of hydrogen-bond acceptors (Lipinski definition) is 2. The molecule has 0 spiro atoms. The van der Waals surface area contributed by atoms with E-state index >= 15 is 0 Å². The quantitative estimate of drug-likeness (QED) is 0.476. The molecule has 0 aromatic heterocycles. The Labute approximate surface area is 110 Å². The van der Waals surface area contributed by atoms with Gasteiger partial charge in [-0.25, -0.2) is 8.42 Å². The van der Waals surface area contributed by atoms with E-state index in [1.54, 1.807) is 16.4 Å². The van der Waals surface area contributed by atoms with Crippen LogP contribution in [-0.2, 0) is 10.0 Å². The molecule has 2 atom stereocenters. The summed E-state index contributed by atoms with van der Waals surface area (Å²) in [6, 6.07) is 7.02. The molecule has 88 valence electrons. The van der Waals surface area contributed by atoms with Gasteiger partial charge in [-0.15, -0.1) is 0 Å². The van der Waals surface area contributed by atoms with Crippen LogP contribution in [0.15, 0.2) is 29.2 Å². The van der Waals surface area contributed by atoms with Gasteiger partial charge < -0.3 is 0 Å². The molecule has 1 heterocycles. The van der Waals surface area contributed by atoms with Crippen LogP contribution in [0.5, 0.6) is 0 Å². The van der Waals surface area contributed by atoms with Gasteiger partial charge in [0.2, 0.25) is 10.0 Å². The lowest BCUT2D eigenvalue weighted by molar-refractivity contribution is 0.534. The van der Waals surface area contributed by atoms with Crippen molar-refractivity contribution in [1.29, 1.82) is 0 Å². The highest BCUT2D eigenvalue weighted by atomic mass is 127. The Hall–Kier alpha value is -0.140. The summed E-state index contributed by atoms with van der Waals surface area (Å²) < 4.78 is 26.8. The summed E-state index contributed by atoms with van der Waals surface area (Å²) in [6.45, 7) is 4.56. The van der Waals surface area contributed by atoms with Crippen LogP contribution in [0.25, 0.3) is 0 Å². The Morgan fingerprint density at radius 3 is 2.38 bits per heavy atom. The number of hydrogen-bond donors (Lipinski definition) is 0. The monoisotopic (exact) mass is 351 g/mol. The lowest BCUT2D eigenvalue weighted by Crippen LogP contribution is -2.22. The van der Waals surface area contributed by atoms with Crippen molar-refractivity contribution in [1.82, 2.24) is 4.31 Å². The Kier molecular flexibility index (Phi) is 3.05. The third-order valence-corrected chi connectivity index (χ3v) is 6.54. The highest BCUT2D eigenvalue weighted by Crippen LogP contribution is 2.39. The minimum absolute atomic E-state index is 0.176. The summed E-state index contributed by atoms with van der Waals surface area (Å²) in [7, 11) is -3.27. The van der Waals surface area contributed by atoms with Gasteiger partial charge in [0, 0.05) is 11.0 Å². The third kappa shape index (κ3) is 2.00. The Morgan fingerprint density at radius 2 is 1.94 bits per heavy atom. The smallest absolute Gasteiger partial charge is 0.207 e. The van der Waals surface area contributed by atoms with E-state index in [4.69, 9.17) is 0 Å². The SMILES string of the molecule is Cc1ccc(S(=O)(=O)N2CC2(C)CI)cc1. The maximum Gasteiger partial charge on any atom is 0.243 e. The zero-order chi connectivity index (χ0) is 12.0. The fourth-order valence-corrected chi connectivity index (χ4v) is 4.31. The van der Waals surface area contributed by atoms with E-state index in [-0.39, 0.29) is 5.54 Å². The Balaban J connectivity index is 2.31. The first-order valence-electron chi connectivity index (χ1n) is 5.06. The highest BCUT2D eigenvalue weighted by Gasteiger charge is 2.54. The number of halogens is 1. The van der Waals surface area contributed by atoms with Gasteiger partial charge in [-0.2, -0.15) is 4.31 Å². The van der Waals surface area contributed by atoms with E-state index in [9.17, 15) is 8.42 Å². The van der Waals surface area contributed by atoms with E-state index in [2.05, 4.69) is 22.6 Å². The predicted molar refractivity (Wildman–Crippen MR) is 72.4 cm³/mol. The van der Waals surface area contributed by atoms with Gasteiger partial charge in [-0.1, -0.05) is 40.3 Å². The molecule has 1 aromatic carbocycles. The second kappa shape index (κ2) is 3.96. The molecule has 1 fully saturated rings. The van der Waals surface area contributed by atoms with Crippen molar-refractivity contribution in [2.24, 2.45) is 0 Å². The van der Waals surface area contributed by atoms with Gasteiger partial charge >= 0.3 is 0 Å². The van der Waals surface area contributed by atoms with Crippen LogP contribution >= 0.6 is 22.6 Å². The van der Waals surface area contributed by atoms with Crippen molar-refractivity contribution in [3.05, 3.63) is 29.8 Å². The van der Waals surface area contributed by atoms with Crippen LogP contribution in [0.4, 0.5) is 0 Å². The summed E-state index contributed by atoms with van der Waals surface area (Å²) in [4.78, 5) is 0.395. The molecule has 0 amide bonds. The largest absolute Gasteiger partial charge is 0.243 e. The molecule has 0 bridgehead atoms. The molecular formula is C11H14INO2S. The molecule has 1 aromatic rings. The van der Waals surface area contributed by atoms with Gasteiger partial charge in [-0.3, -0.25) is 0 Å². The number of alkyl halides is 1. The van der Waals surface area contributed by atoms with Crippen molar-refractivity contribution in [3.8, 4) is 0 Å². The first-order chi connectivity index (χ1) is 7.40. The van der Waals surface area contributed by atoms with Crippen LogP contribution < -0.4 is 0 Å². The molecule has 1 saturated heterocycles. The van der Waals surface area contributed by atoms with E-state index in [0.29, 0.717) is 11.4 Å². The third-order valence-electron chi connectivity index (χ3n) is 2.88. The average molecular weight is 351 g/mol. The van der Waals surface area contributed by atoms with Crippen LogP contribution in [0.1, 0.15) is 12.5 Å². The molecule has 0 aliphatic carbocycles. The van der Waals surface area contributed by atoms with Crippen LogP contribution in [-0.4, -0.2) is 29.2 Å². The first-order valence-corrected chi connectivity index (χ1v) is 8.02. The normalized spacial score (nSPS) is 29.1. The highest BCUT2D eigenvalue weighted by molar-refractivity contribution is 14.1. The number of sulfonamides is 1. The maximum absolute atomic E-state index is 12.2. The Bertz CT molecular complexity index is 497. The molecule has 0 N–H and O–H groups in total. The van der Waals surface area contributed by atoms with Gasteiger partial charge in [0.1, 0.15) is 0 Å². The number of aryl methyl sites for hydroxylation is 1. The topological polar surface area (TPSA) is 37.1 Å². The number of benzene rings is 1. The summed E-state index contributed by atoms with van der Waals surface area (Å²) >= 11 is 2.23. The summed E-state index contributed by atoms with van der Waals surface area (Å²) in [6.07, 6.45) is 0. The van der Waals surface area contributed by atoms with Crippen molar-refractivity contribution < 1.29 is 8.42 Å². The maximum atomic E-state index is 12.2. The number of rotatable bonds is 3. The predicted octanol–water partition coefficient (Wildman–Crippen LogP) is 2.19. The lowest BCUT2D eigenvalue weighted by atomic mass is 10.2. The molecule has 2 unspecified atom stereocenters. The molecule has 0 saturated carbocycles. The molecule has 0 radical (unpaired) electrons. The standard InChI is InChI=1S/C11H14INO2S/c1-9-3-5-10(6-4-9)16(14,15)13-8-11(13,2)7-12/h3-6H,7-8H2,1-2H3. The summed E-state index contributed by atoms with van der Waals surface area (Å²) in [5, 5.41) is 0. The van der Waals surface area contributed by atoms with E-state index < -0.39 is 10.0 Å². The zero-order valence-corrected chi connectivity index (χ0v) is 12.2. The van der Waals surface area contributed by atoms with Crippen LogP contribution in [0.2, 0.25) is 0 Å². The van der Waals surface area contributed by atoms with Crippen molar-refractivity contribution in [2.45, 2.75) is 24.3 Å². The van der Waals surface area contributed by atoms with Gasteiger partial charge in [0.15, 0.2) is 0 Å². The van der Waals surface area contributed by atoms with E-state index in [0.717, 1.165) is 9.99 Å². The molecule has 16 heavy (non-hydrogen) atoms. The minimum atomic E-state index is -3.27. The fourth-order valence-electron chi connectivity index (χ4n) is 1.60. The van der Waals surface area contributed by atoms with Crippen molar-refractivity contribution in [3.63, 3.8) is 0 Å². The summed E-state index contributed by atoms with van der Waals surface area (Å²) in [5.41, 5.74) is 0.894. The average Bonchev–Trinajstić information content (AvgIpc) is 2.93. The van der Waals surface area contributed by atoms with Gasteiger partial charge in [-0.05, 0) is 26.0 Å². The van der Waals surface area contributed by atoms with E-state index in [1.807, 2.05) is 26.0 Å². The molecule has 2 rings (SSSR count). The second-order valence-corrected chi connectivity index (χ2v) is 7.08. The minimum Gasteiger partial charge on any atom is -0.207 e. The van der Waals surface area contributed by atoms with Crippen LogP contribution in [0, 0.1) is 6.92 Å². The van der Waals surface area contributed by atoms with Crippen molar-refractivity contribution in [2.75, 3.05) is 11.0 Å². The fraction of sp³-hybridized carbons (Fsp3) is 0.455. The molecule has 1 aliphatic heterocycles. The summed E-state index contributed by atoms with van der Waals surface area (Å²) in [5.74, 6) is 0. The van der Waals surface area contributed by atoms with Crippen molar-refractivity contribution >= 4 is 32.6 Å². The van der Waals surface area contributed by atoms with Crippen LogP contribution in [0.3, 0.4) is 0 Å². The zero-order valence-electron chi connectivity index (χ0n) is 9.27.